The molecule has 1 aromatic heterocycles. The number of aryl methyl sites for hydroxylation is 2. The van der Waals surface area contributed by atoms with Gasteiger partial charge in [-0.05, 0) is 58.0 Å². The van der Waals surface area contributed by atoms with Crippen molar-refractivity contribution in [2.24, 2.45) is 5.92 Å². The summed E-state index contributed by atoms with van der Waals surface area (Å²) in [5.41, 5.74) is 1.23. The number of carbonyl (C=O) groups is 1. The van der Waals surface area contributed by atoms with Gasteiger partial charge in [-0.2, -0.15) is 0 Å². The molecule has 23 heavy (non-hydrogen) atoms. The number of hydrogen-bond donors (Lipinski definition) is 1. The first-order valence-electron chi connectivity index (χ1n) is 8.07. The van der Waals surface area contributed by atoms with Crippen molar-refractivity contribution in [2.75, 3.05) is 20.1 Å². The van der Waals surface area contributed by atoms with Gasteiger partial charge in [-0.3, -0.25) is 4.79 Å². The van der Waals surface area contributed by atoms with E-state index in [1.165, 1.54) is 17.0 Å². The van der Waals surface area contributed by atoms with Crippen molar-refractivity contribution in [2.45, 2.75) is 51.5 Å². The zero-order valence-electron chi connectivity index (χ0n) is 13.8. The van der Waals surface area contributed by atoms with Crippen molar-refractivity contribution in [3.8, 4) is 0 Å². The van der Waals surface area contributed by atoms with Crippen molar-refractivity contribution in [3.63, 3.8) is 0 Å². The predicted octanol–water partition coefficient (Wildman–Crippen LogP) is 3.52. The van der Waals surface area contributed by atoms with Crippen LogP contribution in [0.5, 0.6) is 0 Å². The second-order valence-electron chi connectivity index (χ2n) is 6.35. The topological polar surface area (TPSA) is 45.2 Å². The van der Waals surface area contributed by atoms with Crippen molar-refractivity contribution < 1.29 is 4.79 Å². The normalized spacial score (nSPS) is 22.7. The van der Waals surface area contributed by atoms with Gasteiger partial charge < -0.3 is 10.2 Å². The van der Waals surface area contributed by atoms with Crippen LogP contribution in [0.4, 0.5) is 0 Å². The highest BCUT2D eigenvalue weighted by Gasteiger charge is 2.29. The van der Waals surface area contributed by atoms with Crippen LogP contribution in [-0.2, 0) is 11.2 Å². The second-order valence-corrected chi connectivity index (χ2v) is 7.59. The Morgan fingerprint density at radius 2 is 2.17 bits per heavy atom. The van der Waals surface area contributed by atoms with E-state index in [2.05, 4.69) is 17.2 Å². The predicted molar refractivity (Wildman–Crippen MR) is 100 cm³/mol. The lowest BCUT2D eigenvalue weighted by atomic mass is 9.96. The van der Waals surface area contributed by atoms with Crippen LogP contribution in [0.25, 0.3) is 0 Å². The summed E-state index contributed by atoms with van der Waals surface area (Å²) in [6, 6.07) is 0.258. The molecule has 1 aliphatic carbocycles. The second kappa shape index (κ2) is 9.21. The van der Waals surface area contributed by atoms with Gasteiger partial charge in [0.05, 0.1) is 21.6 Å². The number of nitrogens with one attached hydrogen (secondary N) is 1. The average Bonchev–Trinajstić information content (AvgIpc) is 3.11. The van der Waals surface area contributed by atoms with Gasteiger partial charge in [-0.15, -0.1) is 36.2 Å². The summed E-state index contributed by atoms with van der Waals surface area (Å²) in [6.07, 6.45) is 6.24. The molecule has 1 saturated heterocycles. The zero-order chi connectivity index (χ0) is 14.8. The maximum Gasteiger partial charge on any atom is 0.222 e. The summed E-state index contributed by atoms with van der Waals surface area (Å²) < 4.78 is 0. The molecular weight excluding hydrogens is 353 g/mol. The Morgan fingerprint density at radius 3 is 2.87 bits per heavy atom. The number of thiazole rings is 1. The maximum absolute atomic E-state index is 12.5. The third-order valence-electron chi connectivity index (χ3n) is 4.82. The third-order valence-corrected chi connectivity index (χ3v) is 5.93. The van der Waals surface area contributed by atoms with E-state index in [1.54, 1.807) is 11.3 Å². The molecule has 2 aliphatic rings. The van der Waals surface area contributed by atoms with Gasteiger partial charge in [0.25, 0.3) is 0 Å². The van der Waals surface area contributed by atoms with Crippen LogP contribution in [0.3, 0.4) is 0 Å². The van der Waals surface area contributed by atoms with Crippen LogP contribution in [0.15, 0.2) is 0 Å². The number of hydrogen-bond acceptors (Lipinski definition) is 4. The molecular formula is C16H27Cl2N3OS. The number of carbonyl (C=O) groups excluding carboxylic acids is 1. The molecule has 2 heterocycles. The molecule has 0 saturated carbocycles. The van der Waals surface area contributed by atoms with E-state index in [0.717, 1.165) is 43.8 Å². The smallest absolute Gasteiger partial charge is 0.222 e. The Hall–Kier alpha value is -0.360. The fraction of sp³-hybridized carbons (Fsp3) is 0.750. The first kappa shape index (κ1) is 20.7. The molecule has 0 aromatic carbocycles. The Labute approximate surface area is 155 Å². The molecule has 1 amide bonds. The minimum Gasteiger partial charge on any atom is -0.338 e. The number of aromatic nitrogens is 1. The lowest BCUT2D eigenvalue weighted by Crippen LogP contribution is -2.33. The number of halogens is 2. The Kier molecular flexibility index (Phi) is 8.28. The fourth-order valence-corrected chi connectivity index (χ4v) is 4.68. The third kappa shape index (κ3) is 4.81. The van der Waals surface area contributed by atoms with Crippen LogP contribution >= 0.6 is 36.2 Å². The molecule has 0 radical (unpaired) electrons. The minimum absolute atomic E-state index is 0. The molecule has 0 spiro atoms. The maximum atomic E-state index is 12.5. The highest BCUT2D eigenvalue weighted by Crippen LogP contribution is 2.37. The molecule has 2 atom stereocenters. The quantitative estimate of drug-likeness (QED) is 0.869. The van der Waals surface area contributed by atoms with Crippen molar-refractivity contribution in [1.82, 2.24) is 15.2 Å². The average molecular weight is 380 g/mol. The summed E-state index contributed by atoms with van der Waals surface area (Å²) in [6.45, 7) is 4.26. The van der Waals surface area contributed by atoms with E-state index in [0.29, 0.717) is 18.2 Å². The van der Waals surface area contributed by atoms with Crippen molar-refractivity contribution in [3.05, 3.63) is 15.6 Å². The lowest BCUT2D eigenvalue weighted by molar-refractivity contribution is -0.132. The Bertz CT molecular complexity index is 517. The van der Waals surface area contributed by atoms with E-state index in [9.17, 15) is 4.79 Å². The van der Waals surface area contributed by atoms with E-state index in [4.69, 9.17) is 0 Å². The van der Waals surface area contributed by atoms with Gasteiger partial charge >= 0.3 is 0 Å². The van der Waals surface area contributed by atoms with Gasteiger partial charge in [0.2, 0.25) is 5.91 Å². The van der Waals surface area contributed by atoms with Crippen molar-refractivity contribution >= 4 is 42.1 Å². The summed E-state index contributed by atoms with van der Waals surface area (Å²) >= 11 is 1.77. The number of fused-ring (bicyclic) bond motifs is 1. The monoisotopic (exact) mass is 379 g/mol. The molecule has 4 nitrogen and oxygen atoms in total. The minimum atomic E-state index is 0. The first-order valence-corrected chi connectivity index (χ1v) is 8.89. The van der Waals surface area contributed by atoms with Crippen LogP contribution in [-0.4, -0.2) is 35.9 Å². The number of rotatable bonds is 4. The van der Waals surface area contributed by atoms with Gasteiger partial charge in [-0.25, -0.2) is 4.98 Å². The van der Waals surface area contributed by atoms with Crippen LogP contribution in [0.2, 0.25) is 0 Å². The van der Waals surface area contributed by atoms with E-state index in [1.807, 2.05) is 11.9 Å². The zero-order valence-corrected chi connectivity index (χ0v) is 16.3. The molecule has 0 bridgehead atoms. The summed E-state index contributed by atoms with van der Waals surface area (Å²) in [5, 5.41) is 4.50. The molecule has 1 N–H and O–H groups in total. The van der Waals surface area contributed by atoms with Gasteiger partial charge in [0.15, 0.2) is 0 Å². The van der Waals surface area contributed by atoms with Gasteiger partial charge in [-0.1, -0.05) is 0 Å². The number of nitrogens with zero attached hydrogens (tertiary/aromatic N) is 2. The van der Waals surface area contributed by atoms with Gasteiger partial charge in [0.1, 0.15) is 0 Å². The highest BCUT2D eigenvalue weighted by atomic mass is 35.5. The van der Waals surface area contributed by atoms with E-state index < -0.39 is 0 Å². The molecule has 1 aromatic rings. The summed E-state index contributed by atoms with van der Waals surface area (Å²) in [7, 11) is 1.98. The standard InChI is InChI=1S/C16H25N3OS.2ClH/c1-11-18-13-4-3-5-14(16(13)21-11)19(2)15(20)7-6-12-8-9-17-10-12;;/h12,14,17H,3-10H2,1-2H3;2*1H. The summed E-state index contributed by atoms with van der Waals surface area (Å²) in [5.74, 6) is 0.987. The van der Waals surface area contributed by atoms with Crippen LogP contribution < -0.4 is 5.32 Å². The fourth-order valence-electron chi connectivity index (χ4n) is 3.53. The summed E-state index contributed by atoms with van der Waals surface area (Å²) in [4.78, 5) is 20.4. The molecule has 1 aliphatic heterocycles. The van der Waals surface area contributed by atoms with E-state index in [-0.39, 0.29) is 30.9 Å². The molecule has 132 valence electrons. The van der Waals surface area contributed by atoms with Crippen LogP contribution in [0, 0.1) is 12.8 Å². The molecule has 1 fully saturated rings. The largest absolute Gasteiger partial charge is 0.338 e. The SMILES string of the molecule is Cc1nc2c(s1)C(N(C)C(=O)CCC1CCNC1)CCC2.Cl.Cl. The first-order chi connectivity index (χ1) is 10.1. The lowest BCUT2D eigenvalue weighted by Gasteiger charge is -2.31. The molecule has 2 unspecified atom stereocenters. The molecule has 3 rings (SSSR count). The Balaban J connectivity index is 0.00000132. The Morgan fingerprint density at radius 1 is 1.39 bits per heavy atom. The van der Waals surface area contributed by atoms with Gasteiger partial charge in [0, 0.05) is 13.5 Å². The number of amides is 1. The van der Waals surface area contributed by atoms with E-state index >= 15 is 0 Å². The van der Waals surface area contributed by atoms with Crippen LogP contribution in [0.1, 0.15) is 53.7 Å². The molecule has 7 heteroatoms. The highest BCUT2D eigenvalue weighted by molar-refractivity contribution is 7.11. The van der Waals surface area contributed by atoms with Crippen molar-refractivity contribution in [1.29, 1.82) is 0 Å².